The standard InChI is InChI=1S/C31H24ClN3O5/c1-20-5-4-7-24(19-20)29(37)33-26-16-11-22(12-17-26)30(38)35-34-28(36)18-13-21-6-2-3-8-27(21)40-31(39)23-9-14-25(32)15-10-23/h2-19H,1H3,(H,33,37)(H,34,36)(H,35,38)/b18-13+. The summed E-state index contributed by atoms with van der Waals surface area (Å²) in [6.45, 7) is 1.90. The van der Waals surface area contributed by atoms with Crippen molar-refractivity contribution in [3.05, 3.63) is 136 Å². The molecule has 3 N–H and O–H groups in total. The molecule has 0 saturated heterocycles. The zero-order valence-electron chi connectivity index (χ0n) is 21.3. The minimum atomic E-state index is -0.603. The maximum absolute atomic E-state index is 12.4. The van der Waals surface area contributed by atoms with E-state index in [2.05, 4.69) is 16.2 Å². The van der Waals surface area contributed by atoms with Crippen LogP contribution in [0, 0.1) is 6.92 Å². The molecule has 0 aliphatic carbocycles. The lowest BCUT2D eigenvalue weighted by Gasteiger charge is -2.09. The Morgan fingerprint density at radius 3 is 2.15 bits per heavy atom. The van der Waals surface area contributed by atoms with Gasteiger partial charge in [-0.25, -0.2) is 4.79 Å². The molecular formula is C31H24ClN3O5. The Hall–Kier alpha value is -5.21. The average molecular weight is 554 g/mol. The molecule has 9 heteroatoms. The molecule has 4 rings (SSSR count). The molecule has 8 nitrogen and oxygen atoms in total. The summed E-state index contributed by atoms with van der Waals surface area (Å²) >= 11 is 5.86. The molecule has 0 bridgehead atoms. The third-order valence-corrected chi connectivity index (χ3v) is 5.85. The van der Waals surface area contributed by atoms with E-state index >= 15 is 0 Å². The van der Waals surface area contributed by atoms with Gasteiger partial charge in [-0.2, -0.15) is 0 Å². The van der Waals surface area contributed by atoms with E-state index in [1.165, 1.54) is 24.3 Å². The number of anilines is 1. The number of esters is 1. The average Bonchev–Trinajstić information content (AvgIpc) is 2.96. The van der Waals surface area contributed by atoms with Gasteiger partial charge in [0.1, 0.15) is 5.75 Å². The fourth-order valence-electron chi connectivity index (χ4n) is 3.55. The van der Waals surface area contributed by atoms with Crippen molar-refractivity contribution < 1.29 is 23.9 Å². The Balaban J connectivity index is 1.30. The molecule has 3 amide bonds. The van der Waals surface area contributed by atoms with Crippen molar-refractivity contribution in [3.8, 4) is 5.75 Å². The van der Waals surface area contributed by atoms with Crippen LogP contribution >= 0.6 is 11.6 Å². The largest absolute Gasteiger partial charge is 0.422 e. The molecule has 4 aromatic carbocycles. The Morgan fingerprint density at radius 2 is 1.43 bits per heavy atom. The molecule has 0 atom stereocenters. The predicted octanol–water partition coefficient (Wildman–Crippen LogP) is 5.59. The second-order valence-corrected chi connectivity index (χ2v) is 9.05. The number of aryl methyl sites for hydroxylation is 1. The third kappa shape index (κ3) is 7.66. The zero-order chi connectivity index (χ0) is 28.5. The number of hydrogen-bond donors (Lipinski definition) is 3. The quantitative estimate of drug-likeness (QED) is 0.119. The van der Waals surface area contributed by atoms with Gasteiger partial charge in [-0.1, -0.05) is 47.5 Å². The molecule has 0 fully saturated rings. The smallest absolute Gasteiger partial charge is 0.343 e. The van der Waals surface area contributed by atoms with Crippen molar-refractivity contribution in [3.63, 3.8) is 0 Å². The van der Waals surface area contributed by atoms with Gasteiger partial charge in [0, 0.05) is 33.5 Å². The number of rotatable bonds is 7. The van der Waals surface area contributed by atoms with Crippen molar-refractivity contribution in [2.24, 2.45) is 0 Å². The lowest BCUT2D eigenvalue weighted by atomic mass is 10.1. The first kappa shape index (κ1) is 27.8. The summed E-state index contributed by atoms with van der Waals surface area (Å²) in [4.78, 5) is 49.6. The number of halogens is 1. The van der Waals surface area contributed by atoms with E-state index < -0.39 is 17.8 Å². The van der Waals surface area contributed by atoms with Gasteiger partial charge in [0.2, 0.25) is 0 Å². The Bertz CT molecular complexity index is 1580. The monoisotopic (exact) mass is 553 g/mol. The highest BCUT2D eigenvalue weighted by atomic mass is 35.5. The highest BCUT2D eigenvalue weighted by molar-refractivity contribution is 6.30. The van der Waals surface area contributed by atoms with Crippen molar-refractivity contribution in [1.29, 1.82) is 0 Å². The number of hydrazine groups is 1. The lowest BCUT2D eigenvalue weighted by Crippen LogP contribution is -2.40. The fourth-order valence-corrected chi connectivity index (χ4v) is 3.67. The summed E-state index contributed by atoms with van der Waals surface area (Å²) in [5.41, 5.74) is 7.73. The van der Waals surface area contributed by atoms with E-state index in [1.54, 1.807) is 78.9 Å². The van der Waals surface area contributed by atoms with Crippen LogP contribution < -0.4 is 20.9 Å². The van der Waals surface area contributed by atoms with Crippen LogP contribution in [-0.2, 0) is 4.79 Å². The van der Waals surface area contributed by atoms with E-state index in [0.717, 1.165) is 5.56 Å². The first-order valence-corrected chi connectivity index (χ1v) is 12.5. The van der Waals surface area contributed by atoms with Crippen LogP contribution in [0.5, 0.6) is 5.75 Å². The van der Waals surface area contributed by atoms with Gasteiger partial charge in [0.05, 0.1) is 5.56 Å². The molecule has 0 aliphatic rings. The number of ether oxygens (including phenoxy) is 1. The molecule has 0 aliphatic heterocycles. The maximum Gasteiger partial charge on any atom is 0.343 e. The van der Waals surface area contributed by atoms with Crippen molar-refractivity contribution in [2.75, 3.05) is 5.32 Å². The number of benzene rings is 4. The SMILES string of the molecule is Cc1cccc(C(=O)Nc2ccc(C(=O)NNC(=O)/C=C/c3ccccc3OC(=O)c3ccc(Cl)cc3)cc2)c1. The molecule has 4 aromatic rings. The van der Waals surface area contributed by atoms with Gasteiger partial charge in [0.15, 0.2) is 0 Å². The van der Waals surface area contributed by atoms with Gasteiger partial charge < -0.3 is 10.1 Å². The topological polar surface area (TPSA) is 114 Å². The first-order chi connectivity index (χ1) is 19.3. The molecule has 200 valence electrons. The summed E-state index contributed by atoms with van der Waals surface area (Å²) in [5.74, 6) is -1.73. The van der Waals surface area contributed by atoms with Crippen molar-refractivity contribution >= 4 is 47.1 Å². The van der Waals surface area contributed by atoms with Crippen LogP contribution in [0.3, 0.4) is 0 Å². The number of carbonyl (C=O) groups is 4. The van der Waals surface area contributed by atoms with Crippen LogP contribution in [0.15, 0.2) is 103 Å². The molecule has 40 heavy (non-hydrogen) atoms. The first-order valence-electron chi connectivity index (χ1n) is 12.1. The lowest BCUT2D eigenvalue weighted by molar-refractivity contribution is -0.117. The van der Waals surface area contributed by atoms with Crippen LogP contribution in [0.25, 0.3) is 6.08 Å². The summed E-state index contributed by atoms with van der Waals surface area (Å²) in [7, 11) is 0. The van der Waals surface area contributed by atoms with Crippen LogP contribution in [0.4, 0.5) is 5.69 Å². The van der Waals surface area contributed by atoms with Gasteiger partial charge >= 0.3 is 5.97 Å². The second-order valence-electron chi connectivity index (χ2n) is 8.61. The van der Waals surface area contributed by atoms with Gasteiger partial charge in [-0.05, 0) is 79.7 Å². The minimum absolute atomic E-state index is 0.255. The number of para-hydroxylation sites is 1. The van der Waals surface area contributed by atoms with Crippen molar-refractivity contribution in [1.82, 2.24) is 10.9 Å². The third-order valence-electron chi connectivity index (χ3n) is 5.60. The fraction of sp³-hybridized carbons (Fsp3) is 0.0323. The minimum Gasteiger partial charge on any atom is -0.422 e. The highest BCUT2D eigenvalue weighted by Crippen LogP contribution is 2.21. The van der Waals surface area contributed by atoms with Crippen LogP contribution in [0.2, 0.25) is 5.02 Å². The predicted molar refractivity (Wildman–Crippen MR) is 153 cm³/mol. The highest BCUT2D eigenvalue weighted by Gasteiger charge is 2.12. The Labute approximate surface area is 235 Å². The second kappa shape index (κ2) is 13.0. The molecule has 0 unspecified atom stereocenters. The van der Waals surface area contributed by atoms with E-state index in [1.807, 2.05) is 13.0 Å². The molecular weight excluding hydrogens is 530 g/mol. The molecule has 0 spiro atoms. The molecule has 0 heterocycles. The van der Waals surface area contributed by atoms with Crippen LogP contribution in [0.1, 0.15) is 42.2 Å². The molecule has 0 aromatic heterocycles. The Kier molecular flexibility index (Phi) is 9.07. The molecule has 0 radical (unpaired) electrons. The summed E-state index contributed by atoms with van der Waals surface area (Å²) < 4.78 is 5.46. The summed E-state index contributed by atoms with van der Waals surface area (Å²) in [6.07, 6.45) is 2.65. The van der Waals surface area contributed by atoms with E-state index in [4.69, 9.17) is 16.3 Å². The summed E-state index contributed by atoms with van der Waals surface area (Å²) in [6, 6.07) is 26.4. The number of nitrogens with one attached hydrogen (secondary N) is 3. The Morgan fingerprint density at radius 1 is 0.725 bits per heavy atom. The maximum atomic E-state index is 12.4. The van der Waals surface area contributed by atoms with Gasteiger partial charge in [-0.3, -0.25) is 25.2 Å². The number of carbonyl (C=O) groups excluding carboxylic acids is 4. The molecule has 0 saturated carbocycles. The number of hydrogen-bond acceptors (Lipinski definition) is 5. The zero-order valence-corrected chi connectivity index (χ0v) is 22.1. The normalized spacial score (nSPS) is 10.6. The van der Waals surface area contributed by atoms with Gasteiger partial charge in [0.25, 0.3) is 17.7 Å². The van der Waals surface area contributed by atoms with Crippen molar-refractivity contribution in [2.45, 2.75) is 6.92 Å². The van der Waals surface area contributed by atoms with E-state index in [9.17, 15) is 19.2 Å². The van der Waals surface area contributed by atoms with E-state index in [0.29, 0.717) is 27.4 Å². The van der Waals surface area contributed by atoms with E-state index in [-0.39, 0.29) is 17.2 Å². The van der Waals surface area contributed by atoms with Crippen LogP contribution in [-0.4, -0.2) is 23.7 Å². The summed E-state index contributed by atoms with van der Waals surface area (Å²) in [5, 5.41) is 3.27. The number of amides is 3. The van der Waals surface area contributed by atoms with Gasteiger partial charge in [-0.15, -0.1) is 0 Å².